The van der Waals surface area contributed by atoms with E-state index < -0.39 is 0 Å². The lowest BCUT2D eigenvalue weighted by atomic mass is 9.90. The van der Waals surface area contributed by atoms with E-state index in [9.17, 15) is 4.79 Å². The van der Waals surface area contributed by atoms with E-state index in [-0.39, 0.29) is 0 Å². The quantitative estimate of drug-likeness (QED) is 0.397. The van der Waals surface area contributed by atoms with E-state index in [0.29, 0.717) is 9.71 Å². The van der Waals surface area contributed by atoms with Crippen LogP contribution in [-0.2, 0) is 4.79 Å². The standard InChI is InChI=1S/C7H10I2O/c8-6-3-1-5(2-4-6)7(9)10/h5-6H,1-4H2. The number of carbonyl (C=O) groups excluding carboxylic acids is 1. The summed E-state index contributed by atoms with van der Waals surface area (Å²) in [5.74, 6) is 0.381. The zero-order valence-electron chi connectivity index (χ0n) is 5.65. The van der Waals surface area contributed by atoms with Crippen molar-refractivity contribution in [2.24, 2.45) is 5.92 Å². The van der Waals surface area contributed by atoms with Crippen LogP contribution in [-0.4, -0.2) is 7.71 Å². The highest BCUT2D eigenvalue weighted by Gasteiger charge is 2.22. The van der Waals surface area contributed by atoms with Gasteiger partial charge in [0.25, 0.3) is 0 Å². The van der Waals surface area contributed by atoms with E-state index in [4.69, 9.17) is 0 Å². The molecule has 0 aromatic rings. The van der Waals surface area contributed by atoms with Crippen LogP contribution >= 0.6 is 45.2 Å². The van der Waals surface area contributed by atoms with Crippen LogP contribution in [0.15, 0.2) is 0 Å². The Balaban J connectivity index is 2.33. The average Bonchev–Trinajstić information content (AvgIpc) is 1.88. The molecule has 1 rings (SSSR count). The van der Waals surface area contributed by atoms with E-state index in [1.54, 1.807) is 0 Å². The van der Waals surface area contributed by atoms with Gasteiger partial charge >= 0.3 is 0 Å². The molecule has 0 unspecified atom stereocenters. The first-order valence-corrected chi connectivity index (χ1v) is 5.86. The zero-order chi connectivity index (χ0) is 7.56. The Labute approximate surface area is 88.6 Å². The van der Waals surface area contributed by atoms with Gasteiger partial charge in [0.2, 0.25) is 0 Å². The van der Waals surface area contributed by atoms with Gasteiger partial charge in [-0.15, -0.1) is 0 Å². The molecule has 0 radical (unpaired) electrons. The number of halogens is 2. The van der Waals surface area contributed by atoms with Gasteiger partial charge in [-0.25, -0.2) is 0 Å². The summed E-state index contributed by atoms with van der Waals surface area (Å²) in [6.07, 6.45) is 4.71. The van der Waals surface area contributed by atoms with Crippen molar-refractivity contribution >= 4 is 49.0 Å². The number of hydrogen-bond acceptors (Lipinski definition) is 1. The number of hydrogen-bond donors (Lipinski definition) is 0. The van der Waals surface area contributed by atoms with Gasteiger partial charge in [0.1, 0.15) is 0 Å². The summed E-state index contributed by atoms with van der Waals surface area (Å²) in [6, 6.07) is 0. The molecule has 0 aromatic carbocycles. The Hall–Kier alpha value is 1.13. The highest BCUT2D eigenvalue weighted by molar-refractivity contribution is 14.1. The van der Waals surface area contributed by atoms with Crippen LogP contribution < -0.4 is 0 Å². The molecule has 0 spiro atoms. The van der Waals surface area contributed by atoms with Crippen molar-refractivity contribution in [1.29, 1.82) is 0 Å². The van der Waals surface area contributed by atoms with Crippen molar-refractivity contribution in [2.45, 2.75) is 29.6 Å². The second-order valence-electron chi connectivity index (χ2n) is 2.75. The Morgan fingerprint density at radius 1 is 1.20 bits per heavy atom. The summed E-state index contributed by atoms with van der Waals surface area (Å²) < 4.78 is 1.19. The predicted molar refractivity (Wildman–Crippen MR) is 58.8 cm³/mol. The van der Waals surface area contributed by atoms with Crippen LogP contribution in [0.25, 0.3) is 0 Å². The molecule has 1 saturated carbocycles. The fourth-order valence-electron chi connectivity index (χ4n) is 1.28. The molecule has 1 nitrogen and oxygen atoms in total. The molecule has 58 valence electrons. The molecule has 0 N–H and O–H groups in total. The minimum Gasteiger partial charge on any atom is -0.287 e. The molecular weight excluding hydrogens is 354 g/mol. The molecule has 0 aromatic heterocycles. The van der Waals surface area contributed by atoms with Gasteiger partial charge in [-0.05, 0) is 48.3 Å². The third-order valence-corrected chi connectivity index (χ3v) is 4.10. The Bertz CT molecular complexity index is 128. The van der Waals surface area contributed by atoms with Crippen molar-refractivity contribution in [3.05, 3.63) is 0 Å². The Kier molecular flexibility index (Phi) is 3.90. The predicted octanol–water partition coefficient (Wildman–Crippen LogP) is 2.94. The maximum atomic E-state index is 10.9. The topological polar surface area (TPSA) is 17.1 Å². The first-order chi connectivity index (χ1) is 4.70. The summed E-state index contributed by atoms with van der Waals surface area (Å²) in [6.45, 7) is 0. The SMILES string of the molecule is O=C(I)C1CCC(I)CC1. The maximum absolute atomic E-state index is 10.9. The lowest BCUT2D eigenvalue weighted by Crippen LogP contribution is -2.17. The molecule has 1 aliphatic carbocycles. The maximum Gasteiger partial charge on any atom is 0.195 e. The highest BCUT2D eigenvalue weighted by atomic mass is 127. The molecule has 1 aliphatic rings. The van der Waals surface area contributed by atoms with Crippen LogP contribution in [0.2, 0.25) is 0 Å². The molecule has 0 atom stereocenters. The third kappa shape index (κ3) is 2.64. The molecule has 0 amide bonds. The average molecular weight is 364 g/mol. The van der Waals surface area contributed by atoms with Gasteiger partial charge in [-0.3, -0.25) is 4.79 Å². The second kappa shape index (κ2) is 4.23. The van der Waals surface area contributed by atoms with E-state index in [2.05, 4.69) is 22.6 Å². The normalized spacial score (nSPS) is 33.8. The molecule has 0 heterocycles. The van der Waals surface area contributed by atoms with Crippen LogP contribution in [0, 0.1) is 5.92 Å². The number of rotatable bonds is 1. The molecule has 1 fully saturated rings. The molecule has 0 saturated heterocycles. The van der Waals surface area contributed by atoms with Gasteiger partial charge < -0.3 is 0 Å². The van der Waals surface area contributed by atoms with E-state index in [1.165, 1.54) is 12.8 Å². The van der Waals surface area contributed by atoms with Crippen LogP contribution in [0.5, 0.6) is 0 Å². The fourth-order valence-corrected chi connectivity index (χ4v) is 2.62. The number of alkyl halides is 1. The molecule has 3 heteroatoms. The van der Waals surface area contributed by atoms with Crippen molar-refractivity contribution in [3.63, 3.8) is 0 Å². The molecule has 0 bridgehead atoms. The second-order valence-corrected chi connectivity index (χ2v) is 5.58. The molecule has 10 heavy (non-hydrogen) atoms. The monoisotopic (exact) mass is 364 g/mol. The largest absolute Gasteiger partial charge is 0.287 e. The highest BCUT2D eigenvalue weighted by Crippen LogP contribution is 2.30. The van der Waals surface area contributed by atoms with Gasteiger partial charge in [-0.1, -0.05) is 22.6 Å². The van der Waals surface area contributed by atoms with Crippen LogP contribution in [0.1, 0.15) is 25.7 Å². The summed E-state index contributed by atoms with van der Waals surface area (Å²) >= 11 is 4.40. The molecule has 0 aliphatic heterocycles. The lowest BCUT2D eigenvalue weighted by Gasteiger charge is -2.21. The smallest absolute Gasteiger partial charge is 0.195 e. The zero-order valence-corrected chi connectivity index (χ0v) is 9.96. The first-order valence-electron chi connectivity index (χ1n) is 3.53. The van der Waals surface area contributed by atoms with E-state index in [0.717, 1.165) is 16.8 Å². The summed E-state index contributed by atoms with van der Waals surface area (Å²) in [4.78, 5) is 10.9. The minimum atomic E-state index is 0.362. The third-order valence-electron chi connectivity index (χ3n) is 1.98. The summed E-state index contributed by atoms with van der Waals surface area (Å²) in [7, 11) is 0. The van der Waals surface area contributed by atoms with Gasteiger partial charge in [0.05, 0.1) is 0 Å². The van der Waals surface area contributed by atoms with Crippen LogP contribution in [0.3, 0.4) is 0 Å². The van der Waals surface area contributed by atoms with Gasteiger partial charge in [0.15, 0.2) is 3.79 Å². The van der Waals surface area contributed by atoms with E-state index >= 15 is 0 Å². The van der Waals surface area contributed by atoms with E-state index in [1.807, 2.05) is 22.6 Å². The summed E-state index contributed by atoms with van der Waals surface area (Å²) in [5.41, 5.74) is 0. The summed E-state index contributed by atoms with van der Waals surface area (Å²) in [5, 5.41) is 0. The Morgan fingerprint density at radius 2 is 1.70 bits per heavy atom. The lowest BCUT2D eigenvalue weighted by molar-refractivity contribution is -0.113. The first kappa shape index (κ1) is 9.22. The van der Waals surface area contributed by atoms with Gasteiger partial charge in [-0.2, -0.15) is 0 Å². The van der Waals surface area contributed by atoms with Crippen molar-refractivity contribution in [1.82, 2.24) is 0 Å². The fraction of sp³-hybridized carbons (Fsp3) is 0.857. The van der Waals surface area contributed by atoms with Crippen molar-refractivity contribution in [2.75, 3.05) is 0 Å². The molecular formula is C7H10I2O. The Morgan fingerprint density at radius 3 is 2.10 bits per heavy atom. The number of carbonyl (C=O) groups is 1. The van der Waals surface area contributed by atoms with Crippen molar-refractivity contribution in [3.8, 4) is 0 Å². The van der Waals surface area contributed by atoms with Crippen LogP contribution in [0.4, 0.5) is 0 Å². The minimum absolute atomic E-state index is 0.362. The van der Waals surface area contributed by atoms with Crippen molar-refractivity contribution < 1.29 is 4.79 Å². The van der Waals surface area contributed by atoms with Gasteiger partial charge in [0, 0.05) is 9.84 Å².